The van der Waals surface area contributed by atoms with Crippen molar-refractivity contribution in [3.63, 3.8) is 0 Å². The number of rotatable bonds is 8. The van der Waals surface area contributed by atoms with Crippen LogP contribution in [0, 0.1) is 11.3 Å². The average molecular weight is 211 g/mol. The Hall–Kier alpha value is -0.0400. The van der Waals surface area contributed by atoms with Crippen molar-refractivity contribution in [3.05, 3.63) is 0 Å². The summed E-state index contributed by atoms with van der Waals surface area (Å²) in [7, 11) is 0. The molecule has 0 bridgehead atoms. The lowest BCUT2D eigenvalue weighted by Crippen LogP contribution is -2.35. The highest BCUT2D eigenvalue weighted by Crippen LogP contribution is 2.51. The van der Waals surface area contributed by atoms with Gasteiger partial charge in [-0.25, -0.2) is 0 Å². The van der Waals surface area contributed by atoms with Gasteiger partial charge in [-0.15, -0.1) is 0 Å². The molecular weight excluding hydrogens is 182 g/mol. The van der Waals surface area contributed by atoms with Crippen molar-refractivity contribution in [2.24, 2.45) is 11.3 Å². The van der Waals surface area contributed by atoms with Gasteiger partial charge in [0.05, 0.1) is 0 Å². The zero-order chi connectivity index (χ0) is 11.3. The Kier molecular flexibility index (Phi) is 5.11. The van der Waals surface area contributed by atoms with Gasteiger partial charge in [-0.3, -0.25) is 0 Å². The fourth-order valence-electron chi connectivity index (χ4n) is 2.51. The molecule has 0 aliphatic heterocycles. The smallest absolute Gasteiger partial charge is 0.00670 e. The van der Waals surface area contributed by atoms with Gasteiger partial charge in [-0.2, -0.15) is 0 Å². The van der Waals surface area contributed by atoms with E-state index in [1.165, 1.54) is 45.1 Å². The predicted octanol–water partition coefficient (Wildman–Crippen LogP) is 3.98. The molecular formula is C14H29N. The van der Waals surface area contributed by atoms with Crippen LogP contribution in [0.1, 0.15) is 66.2 Å². The normalized spacial score (nSPS) is 18.8. The van der Waals surface area contributed by atoms with Gasteiger partial charge in [0.2, 0.25) is 0 Å². The molecule has 0 aromatic rings. The molecule has 0 heterocycles. The highest BCUT2D eigenvalue weighted by molar-refractivity contribution is 4.97. The molecule has 1 heteroatoms. The molecule has 0 spiro atoms. The molecule has 1 saturated carbocycles. The van der Waals surface area contributed by atoms with Gasteiger partial charge in [0.1, 0.15) is 0 Å². The number of nitrogens with one attached hydrogen (secondary N) is 1. The second-order valence-corrected chi connectivity index (χ2v) is 5.67. The Morgan fingerprint density at radius 2 is 1.60 bits per heavy atom. The van der Waals surface area contributed by atoms with Crippen LogP contribution in [0.15, 0.2) is 0 Å². The van der Waals surface area contributed by atoms with Crippen LogP contribution in [-0.4, -0.2) is 12.6 Å². The van der Waals surface area contributed by atoms with Crippen LogP contribution < -0.4 is 5.32 Å². The summed E-state index contributed by atoms with van der Waals surface area (Å²) in [6.07, 6.45) is 8.22. The Morgan fingerprint density at radius 1 is 1.07 bits per heavy atom. The third-order valence-corrected chi connectivity index (χ3v) is 4.13. The summed E-state index contributed by atoms with van der Waals surface area (Å²) < 4.78 is 0. The number of hydrogen-bond acceptors (Lipinski definition) is 1. The first-order valence-electron chi connectivity index (χ1n) is 6.88. The molecule has 1 aliphatic carbocycles. The zero-order valence-electron chi connectivity index (χ0n) is 11.1. The van der Waals surface area contributed by atoms with E-state index in [4.69, 9.17) is 0 Å². The average Bonchev–Trinajstić information content (AvgIpc) is 2.96. The van der Waals surface area contributed by atoms with Crippen molar-refractivity contribution in [1.82, 2.24) is 5.32 Å². The van der Waals surface area contributed by atoms with Crippen molar-refractivity contribution in [1.29, 1.82) is 0 Å². The Balaban J connectivity index is 2.26. The Morgan fingerprint density at radius 3 is 1.93 bits per heavy atom. The summed E-state index contributed by atoms with van der Waals surface area (Å²) in [6, 6.07) is 0.774. The van der Waals surface area contributed by atoms with Crippen LogP contribution in [0.4, 0.5) is 0 Å². The molecule has 0 aromatic heterocycles. The summed E-state index contributed by atoms with van der Waals surface area (Å²) in [5, 5.41) is 3.81. The quantitative estimate of drug-likeness (QED) is 0.640. The van der Waals surface area contributed by atoms with Crippen LogP contribution in [0.2, 0.25) is 0 Å². The minimum absolute atomic E-state index is 0.666. The monoisotopic (exact) mass is 211 g/mol. The first-order chi connectivity index (χ1) is 7.14. The van der Waals surface area contributed by atoms with Crippen molar-refractivity contribution in [3.8, 4) is 0 Å². The SMILES string of the molecule is CCCC(CCC)NCC1(C(C)C)CC1. The third-order valence-electron chi connectivity index (χ3n) is 4.13. The molecule has 0 atom stereocenters. The summed E-state index contributed by atoms with van der Waals surface area (Å²) in [5.41, 5.74) is 0.666. The van der Waals surface area contributed by atoms with E-state index in [0.29, 0.717) is 5.41 Å². The van der Waals surface area contributed by atoms with E-state index in [0.717, 1.165) is 12.0 Å². The lowest BCUT2D eigenvalue weighted by atomic mass is 9.92. The molecule has 15 heavy (non-hydrogen) atoms. The largest absolute Gasteiger partial charge is 0.313 e. The lowest BCUT2D eigenvalue weighted by molar-refractivity contribution is 0.308. The Bertz CT molecular complexity index is 164. The van der Waals surface area contributed by atoms with E-state index in [1.807, 2.05) is 0 Å². The second-order valence-electron chi connectivity index (χ2n) is 5.67. The first kappa shape index (κ1) is 13.0. The first-order valence-corrected chi connectivity index (χ1v) is 6.88. The van der Waals surface area contributed by atoms with Crippen LogP contribution in [0.3, 0.4) is 0 Å². The second kappa shape index (κ2) is 5.89. The molecule has 0 amide bonds. The van der Waals surface area contributed by atoms with Crippen molar-refractivity contribution in [2.45, 2.75) is 72.3 Å². The maximum absolute atomic E-state index is 3.81. The maximum atomic E-state index is 3.81. The minimum Gasteiger partial charge on any atom is -0.313 e. The van der Waals surface area contributed by atoms with Gasteiger partial charge < -0.3 is 5.32 Å². The summed E-state index contributed by atoms with van der Waals surface area (Å²) >= 11 is 0. The van der Waals surface area contributed by atoms with Crippen LogP contribution in [0.5, 0.6) is 0 Å². The fourth-order valence-corrected chi connectivity index (χ4v) is 2.51. The standard InChI is InChI=1S/C14H29N/c1-5-7-13(8-6-2)15-11-14(9-10-14)12(3)4/h12-13,15H,5-11H2,1-4H3. The van der Waals surface area contributed by atoms with Crippen LogP contribution >= 0.6 is 0 Å². The minimum atomic E-state index is 0.666. The van der Waals surface area contributed by atoms with E-state index < -0.39 is 0 Å². The van der Waals surface area contributed by atoms with Crippen molar-refractivity contribution >= 4 is 0 Å². The maximum Gasteiger partial charge on any atom is 0.00670 e. The molecule has 1 nitrogen and oxygen atoms in total. The molecule has 90 valence electrons. The van der Waals surface area contributed by atoms with Gasteiger partial charge in [0, 0.05) is 12.6 Å². The predicted molar refractivity (Wildman–Crippen MR) is 68.1 cm³/mol. The van der Waals surface area contributed by atoms with E-state index >= 15 is 0 Å². The molecule has 1 aliphatic rings. The lowest BCUT2D eigenvalue weighted by Gasteiger charge is -2.24. The Labute approximate surface area is 96.0 Å². The van der Waals surface area contributed by atoms with E-state index in [1.54, 1.807) is 0 Å². The van der Waals surface area contributed by atoms with Crippen molar-refractivity contribution in [2.75, 3.05) is 6.54 Å². The van der Waals surface area contributed by atoms with Gasteiger partial charge in [-0.05, 0) is 37.0 Å². The summed E-state index contributed by atoms with van der Waals surface area (Å²) in [5.74, 6) is 0.855. The van der Waals surface area contributed by atoms with Gasteiger partial charge >= 0.3 is 0 Å². The molecule has 1 fully saturated rings. The molecule has 0 unspecified atom stereocenters. The molecule has 1 N–H and O–H groups in total. The third kappa shape index (κ3) is 3.79. The van der Waals surface area contributed by atoms with Gasteiger partial charge in [-0.1, -0.05) is 40.5 Å². The van der Waals surface area contributed by atoms with Crippen LogP contribution in [0.25, 0.3) is 0 Å². The van der Waals surface area contributed by atoms with Gasteiger partial charge in [0.25, 0.3) is 0 Å². The summed E-state index contributed by atoms with van der Waals surface area (Å²) in [6.45, 7) is 10.6. The highest BCUT2D eigenvalue weighted by Gasteiger charge is 2.44. The summed E-state index contributed by atoms with van der Waals surface area (Å²) in [4.78, 5) is 0. The van der Waals surface area contributed by atoms with Crippen molar-refractivity contribution < 1.29 is 0 Å². The highest BCUT2D eigenvalue weighted by atomic mass is 14.9. The van der Waals surface area contributed by atoms with E-state index in [9.17, 15) is 0 Å². The zero-order valence-corrected chi connectivity index (χ0v) is 11.1. The van der Waals surface area contributed by atoms with Gasteiger partial charge in [0.15, 0.2) is 0 Å². The molecule has 0 aromatic carbocycles. The fraction of sp³-hybridized carbons (Fsp3) is 1.00. The molecule has 0 saturated heterocycles. The molecule has 0 radical (unpaired) electrons. The van der Waals surface area contributed by atoms with E-state index in [-0.39, 0.29) is 0 Å². The number of hydrogen-bond donors (Lipinski definition) is 1. The topological polar surface area (TPSA) is 12.0 Å². The van der Waals surface area contributed by atoms with Crippen LogP contribution in [-0.2, 0) is 0 Å². The van der Waals surface area contributed by atoms with E-state index in [2.05, 4.69) is 33.0 Å². The molecule has 1 rings (SSSR count).